The fourth-order valence-corrected chi connectivity index (χ4v) is 3.99. The molecule has 156 valence electrons. The quantitative estimate of drug-likeness (QED) is 0.705. The van der Waals surface area contributed by atoms with Crippen LogP contribution in [0.2, 0.25) is 0 Å². The van der Waals surface area contributed by atoms with Crippen LogP contribution in [0.3, 0.4) is 0 Å². The maximum atomic E-state index is 13.5. The number of likely N-dealkylation sites (tertiary alicyclic amines) is 1. The molecule has 2 aromatic carbocycles. The van der Waals surface area contributed by atoms with E-state index in [2.05, 4.69) is 0 Å². The molecule has 7 heteroatoms. The van der Waals surface area contributed by atoms with E-state index in [9.17, 15) is 14.0 Å². The summed E-state index contributed by atoms with van der Waals surface area (Å²) < 4.78 is 24.1. The first-order chi connectivity index (χ1) is 14.5. The van der Waals surface area contributed by atoms with Gasteiger partial charge in [-0.1, -0.05) is 12.1 Å². The summed E-state index contributed by atoms with van der Waals surface area (Å²) in [5, 5.41) is 0. The number of halogens is 1. The number of benzene rings is 2. The van der Waals surface area contributed by atoms with Crippen LogP contribution in [0, 0.1) is 5.82 Å². The van der Waals surface area contributed by atoms with Gasteiger partial charge in [0.25, 0.3) is 11.8 Å². The minimum absolute atomic E-state index is 0.291. The number of anilines is 1. The van der Waals surface area contributed by atoms with Crippen LogP contribution < -0.4 is 14.4 Å². The third-order valence-corrected chi connectivity index (χ3v) is 5.49. The third kappa shape index (κ3) is 3.40. The smallest absolute Gasteiger partial charge is 0.282 e. The number of methoxy groups -OCH3 is 2. The molecule has 1 fully saturated rings. The summed E-state index contributed by atoms with van der Waals surface area (Å²) in [6.07, 6.45) is 2.99. The number of piperidine rings is 1. The molecule has 0 radical (unpaired) electrons. The van der Waals surface area contributed by atoms with E-state index in [1.165, 1.54) is 38.5 Å². The molecule has 6 nitrogen and oxygen atoms in total. The van der Waals surface area contributed by atoms with Crippen molar-refractivity contribution in [2.75, 3.05) is 32.2 Å². The van der Waals surface area contributed by atoms with Crippen LogP contribution in [-0.2, 0) is 9.59 Å². The second kappa shape index (κ2) is 8.18. The van der Waals surface area contributed by atoms with Crippen LogP contribution in [0.1, 0.15) is 24.8 Å². The Bertz CT molecular complexity index is 1010. The molecule has 0 aromatic heterocycles. The molecule has 1 saturated heterocycles. The van der Waals surface area contributed by atoms with Gasteiger partial charge in [0.15, 0.2) is 0 Å². The Morgan fingerprint density at radius 2 is 1.57 bits per heavy atom. The van der Waals surface area contributed by atoms with Gasteiger partial charge in [0.05, 0.1) is 25.5 Å². The lowest BCUT2D eigenvalue weighted by Gasteiger charge is -2.29. The van der Waals surface area contributed by atoms with Crippen molar-refractivity contribution in [2.24, 2.45) is 0 Å². The Hall–Kier alpha value is -3.35. The molecule has 0 bridgehead atoms. The molecule has 0 atom stereocenters. The topological polar surface area (TPSA) is 59.1 Å². The molecule has 0 N–H and O–H groups in total. The standard InChI is InChI=1S/C23H23FN2O4/c1-29-17-10-11-18(19(14-17)30-2)26-22(27)20(15-6-8-16(24)9-7-15)21(23(26)28)25-12-4-3-5-13-25/h6-11,14H,3-5,12-13H2,1-2H3. The zero-order valence-electron chi connectivity index (χ0n) is 17.0. The van der Waals surface area contributed by atoms with Crippen molar-refractivity contribution in [1.82, 2.24) is 4.90 Å². The number of hydrogen-bond acceptors (Lipinski definition) is 5. The molecule has 0 saturated carbocycles. The maximum Gasteiger partial charge on any atom is 0.282 e. The molecule has 0 aliphatic carbocycles. The van der Waals surface area contributed by atoms with Crippen molar-refractivity contribution in [3.63, 3.8) is 0 Å². The van der Waals surface area contributed by atoms with Gasteiger partial charge >= 0.3 is 0 Å². The van der Waals surface area contributed by atoms with Crippen LogP contribution in [0.5, 0.6) is 11.5 Å². The Morgan fingerprint density at radius 1 is 0.867 bits per heavy atom. The van der Waals surface area contributed by atoms with Gasteiger partial charge in [-0.2, -0.15) is 0 Å². The van der Waals surface area contributed by atoms with Crippen LogP contribution in [0.15, 0.2) is 48.2 Å². The summed E-state index contributed by atoms with van der Waals surface area (Å²) in [5.74, 6) is -0.336. The molecule has 0 spiro atoms. The molecular weight excluding hydrogens is 387 g/mol. The fraction of sp³-hybridized carbons (Fsp3) is 0.304. The molecule has 30 heavy (non-hydrogen) atoms. The Morgan fingerprint density at radius 3 is 2.20 bits per heavy atom. The number of carbonyl (C=O) groups is 2. The van der Waals surface area contributed by atoms with Crippen molar-refractivity contribution >= 4 is 23.1 Å². The molecule has 2 heterocycles. The Kier molecular flexibility index (Phi) is 5.44. The third-order valence-electron chi connectivity index (χ3n) is 5.49. The van der Waals surface area contributed by atoms with Crippen LogP contribution in [0.25, 0.3) is 5.57 Å². The van der Waals surface area contributed by atoms with Gasteiger partial charge in [-0.25, -0.2) is 9.29 Å². The fourth-order valence-electron chi connectivity index (χ4n) is 3.99. The predicted octanol–water partition coefficient (Wildman–Crippen LogP) is 3.61. The summed E-state index contributed by atoms with van der Waals surface area (Å²) in [6.45, 7) is 1.40. The summed E-state index contributed by atoms with van der Waals surface area (Å²) in [5.41, 5.74) is 1.52. The van der Waals surface area contributed by atoms with Gasteiger partial charge < -0.3 is 14.4 Å². The molecular formula is C23H23FN2O4. The van der Waals surface area contributed by atoms with E-state index in [4.69, 9.17) is 9.47 Å². The highest BCUT2D eigenvalue weighted by molar-refractivity contribution is 6.45. The van der Waals surface area contributed by atoms with Crippen molar-refractivity contribution < 1.29 is 23.5 Å². The van der Waals surface area contributed by atoms with Gasteiger partial charge in [0.2, 0.25) is 0 Å². The number of nitrogens with zero attached hydrogens (tertiary/aromatic N) is 2. The van der Waals surface area contributed by atoms with Crippen molar-refractivity contribution in [2.45, 2.75) is 19.3 Å². The lowest BCUT2D eigenvalue weighted by molar-refractivity contribution is -0.120. The number of amides is 2. The van der Waals surface area contributed by atoms with Crippen LogP contribution in [-0.4, -0.2) is 44.0 Å². The van der Waals surface area contributed by atoms with Gasteiger partial charge in [-0.05, 0) is 49.1 Å². The second-order valence-corrected chi connectivity index (χ2v) is 7.26. The second-order valence-electron chi connectivity index (χ2n) is 7.26. The zero-order valence-corrected chi connectivity index (χ0v) is 17.0. The van der Waals surface area contributed by atoms with Gasteiger partial charge in [0, 0.05) is 19.2 Å². The lowest BCUT2D eigenvalue weighted by Crippen LogP contribution is -2.37. The number of carbonyl (C=O) groups excluding carboxylic acids is 2. The lowest BCUT2D eigenvalue weighted by atomic mass is 10.0. The predicted molar refractivity (Wildman–Crippen MR) is 111 cm³/mol. The van der Waals surface area contributed by atoms with Crippen LogP contribution >= 0.6 is 0 Å². The van der Waals surface area contributed by atoms with Crippen molar-refractivity contribution in [1.29, 1.82) is 0 Å². The monoisotopic (exact) mass is 410 g/mol. The summed E-state index contributed by atoms with van der Waals surface area (Å²) in [7, 11) is 3.01. The Balaban J connectivity index is 1.83. The van der Waals surface area contributed by atoms with E-state index in [0.717, 1.165) is 24.2 Å². The first-order valence-electron chi connectivity index (χ1n) is 9.91. The van der Waals surface area contributed by atoms with E-state index in [1.807, 2.05) is 4.90 Å². The van der Waals surface area contributed by atoms with Crippen LogP contribution in [0.4, 0.5) is 10.1 Å². The van der Waals surface area contributed by atoms with E-state index in [-0.39, 0.29) is 0 Å². The first-order valence-corrected chi connectivity index (χ1v) is 9.91. The zero-order chi connectivity index (χ0) is 21.3. The van der Waals surface area contributed by atoms with Crippen molar-refractivity contribution in [3.8, 4) is 11.5 Å². The molecule has 0 unspecified atom stereocenters. The average molecular weight is 410 g/mol. The highest BCUT2D eigenvalue weighted by Crippen LogP contribution is 2.40. The van der Waals surface area contributed by atoms with E-state index in [1.54, 1.807) is 18.2 Å². The minimum atomic E-state index is -0.448. The molecule has 2 amide bonds. The number of imide groups is 1. The van der Waals surface area contributed by atoms with Gasteiger partial charge in [-0.15, -0.1) is 0 Å². The SMILES string of the molecule is COc1ccc(N2C(=O)C(c3ccc(F)cc3)=C(N3CCCCC3)C2=O)c(OC)c1. The largest absolute Gasteiger partial charge is 0.497 e. The maximum absolute atomic E-state index is 13.5. The first kappa shape index (κ1) is 19.9. The van der Waals surface area contributed by atoms with Gasteiger partial charge in [0.1, 0.15) is 23.0 Å². The number of ether oxygens (including phenoxy) is 2. The molecule has 2 aromatic rings. The molecule has 4 rings (SSSR count). The highest BCUT2D eigenvalue weighted by atomic mass is 19.1. The summed E-state index contributed by atoms with van der Waals surface area (Å²) in [6, 6.07) is 10.6. The molecule has 2 aliphatic heterocycles. The normalized spacial score (nSPS) is 17.0. The summed E-state index contributed by atoms with van der Waals surface area (Å²) >= 11 is 0. The highest BCUT2D eigenvalue weighted by Gasteiger charge is 2.43. The number of rotatable bonds is 5. The van der Waals surface area contributed by atoms with E-state index < -0.39 is 17.6 Å². The number of hydrogen-bond donors (Lipinski definition) is 0. The minimum Gasteiger partial charge on any atom is -0.497 e. The van der Waals surface area contributed by atoms with Gasteiger partial charge in [-0.3, -0.25) is 9.59 Å². The van der Waals surface area contributed by atoms with E-state index in [0.29, 0.717) is 47.1 Å². The Labute approximate surface area is 174 Å². The summed E-state index contributed by atoms with van der Waals surface area (Å²) in [4.78, 5) is 30.2. The van der Waals surface area contributed by atoms with Crippen molar-refractivity contribution in [3.05, 3.63) is 59.5 Å². The van der Waals surface area contributed by atoms with E-state index >= 15 is 0 Å². The average Bonchev–Trinajstić information content (AvgIpc) is 3.04. The molecule has 2 aliphatic rings.